The van der Waals surface area contributed by atoms with Crippen LogP contribution in [0.1, 0.15) is 32.4 Å². The van der Waals surface area contributed by atoms with Crippen LogP contribution >= 0.6 is 17.0 Å². The smallest absolute Gasteiger partial charge is 0.408 e. The second-order valence-electron chi connectivity index (χ2n) is 6.09. The normalized spacial score (nSPS) is 9.93. The van der Waals surface area contributed by atoms with Crippen molar-refractivity contribution in [1.29, 1.82) is 0 Å². The molecule has 2 rings (SSSR count). The number of nitrogens with zero attached hydrogens (tertiary/aromatic N) is 4. The first-order valence-corrected chi connectivity index (χ1v) is 8.16. The minimum Gasteiger partial charge on any atom is -0.481 e. The zero-order valence-electron chi connectivity index (χ0n) is 16.6. The molecule has 0 fully saturated rings. The largest absolute Gasteiger partial charge is 0.481 e. The molecule has 0 bridgehead atoms. The van der Waals surface area contributed by atoms with Crippen LogP contribution in [0.5, 0.6) is 11.8 Å². The standard InChI is InChI=1S/C11H17N3O3.C6H9N3O.BrH/c1-11(2,3)17-10(15)13-7-8-12-6-5-9(14-8)16-4;1-10-6-2-3-8-5(4-7)9-6;/h5-6H,7H2,1-4H3,(H,13,15);2-3H,4,7H2,1H3;1H. The van der Waals surface area contributed by atoms with E-state index in [1.54, 1.807) is 52.4 Å². The van der Waals surface area contributed by atoms with Crippen molar-refractivity contribution in [3.63, 3.8) is 0 Å². The van der Waals surface area contributed by atoms with Crippen LogP contribution in [0, 0.1) is 0 Å². The Labute approximate surface area is 175 Å². The third-order valence-corrected chi connectivity index (χ3v) is 2.75. The molecule has 0 unspecified atom stereocenters. The third-order valence-electron chi connectivity index (χ3n) is 2.75. The fourth-order valence-corrected chi connectivity index (χ4v) is 1.64. The summed E-state index contributed by atoms with van der Waals surface area (Å²) in [6, 6.07) is 3.32. The number of nitrogens with two attached hydrogens (primary N) is 1. The van der Waals surface area contributed by atoms with Crippen molar-refractivity contribution in [3.8, 4) is 11.8 Å². The molecule has 0 saturated carbocycles. The lowest BCUT2D eigenvalue weighted by molar-refractivity contribution is 0.0522. The Morgan fingerprint density at radius 3 is 2.00 bits per heavy atom. The van der Waals surface area contributed by atoms with Gasteiger partial charge >= 0.3 is 6.09 Å². The molecular formula is C17H27BrN6O4. The number of ether oxygens (including phenoxy) is 3. The summed E-state index contributed by atoms with van der Waals surface area (Å²) in [6.07, 6.45) is 2.69. The lowest BCUT2D eigenvalue weighted by Crippen LogP contribution is -2.32. The van der Waals surface area contributed by atoms with E-state index in [1.807, 2.05) is 0 Å². The molecule has 1 amide bonds. The summed E-state index contributed by atoms with van der Waals surface area (Å²) in [4.78, 5) is 27.3. The molecule has 0 aromatic carbocycles. The monoisotopic (exact) mass is 458 g/mol. The van der Waals surface area contributed by atoms with E-state index in [0.29, 0.717) is 30.0 Å². The summed E-state index contributed by atoms with van der Waals surface area (Å²) in [7, 11) is 3.08. The predicted molar refractivity (Wildman–Crippen MR) is 108 cm³/mol. The van der Waals surface area contributed by atoms with E-state index in [2.05, 4.69) is 25.3 Å². The number of methoxy groups -OCH3 is 2. The van der Waals surface area contributed by atoms with Crippen molar-refractivity contribution in [1.82, 2.24) is 25.3 Å². The van der Waals surface area contributed by atoms with Crippen LogP contribution in [0.25, 0.3) is 0 Å². The number of amides is 1. The molecule has 0 aliphatic rings. The Balaban J connectivity index is 0.000000567. The van der Waals surface area contributed by atoms with Crippen molar-refractivity contribution in [3.05, 3.63) is 36.2 Å². The van der Waals surface area contributed by atoms with Gasteiger partial charge in [0.05, 0.1) is 27.3 Å². The molecule has 11 heteroatoms. The van der Waals surface area contributed by atoms with E-state index in [4.69, 9.17) is 19.9 Å². The molecule has 2 heterocycles. The summed E-state index contributed by atoms with van der Waals surface area (Å²) >= 11 is 0. The maximum absolute atomic E-state index is 11.4. The quantitative estimate of drug-likeness (QED) is 0.689. The fraction of sp³-hybridized carbons (Fsp3) is 0.471. The van der Waals surface area contributed by atoms with Crippen LogP contribution in [-0.4, -0.2) is 45.8 Å². The van der Waals surface area contributed by atoms with Crippen molar-refractivity contribution in [2.45, 2.75) is 39.5 Å². The van der Waals surface area contributed by atoms with Gasteiger partial charge in [-0.3, -0.25) is 0 Å². The molecule has 2 aromatic rings. The first-order valence-electron chi connectivity index (χ1n) is 8.16. The molecule has 0 spiro atoms. The third kappa shape index (κ3) is 10.6. The zero-order valence-corrected chi connectivity index (χ0v) is 18.3. The van der Waals surface area contributed by atoms with Gasteiger partial charge in [-0.15, -0.1) is 17.0 Å². The molecule has 156 valence electrons. The minimum atomic E-state index is -0.515. The number of hydrogen-bond acceptors (Lipinski definition) is 9. The summed E-state index contributed by atoms with van der Waals surface area (Å²) in [5, 5.41) is 2.57. The zero-order chi connectivity index (χ0) is 20.3. The van der Waals surface area contributed by atoms with Gasteiger partial charge in [0.1, 0.15) is 11.4 Å². The highest BCUT2D eigenvalue weighted by molar-refractivity contribution is 8.93. The molecule has 0 radical (unpaired) electrons. The average Bonchev–Trinajstić information content (AvgIpc) is 2.65. The Morgan fingerprint density at radius 2 is 1.54 bits per heavy atom. The van der Waals surface area contributed by atoms with Crippen molar-refractivity contribution >= 4 is 23.1 Å². The van der Waals surface area contributed by atoms with Gasteiger partial charge in [-0.2, -0.15) is 9.97 Å². The van der Waals surface area contributed by atoms with Crippen LogP contribution in [-0.2, 0) is 17.8 Å². The number of carbonyl (C=O) groups excluding carboxylic acids is 1. The molecule has 0 atom stereocenters. The van der Waals surface area contributed by atoms with Gasteiger partial charge < -0.3 is 25.3 Å². The van der Waals surface area contributed by atoms with Crippen LogP contribution in [0.4, 0.5) is 4.79 Å². The number of hydrogen-bond donors (Lipinski definition) is 2. The number of nitrogens with one attached hydrogen (secondary N) is 1. The molecule has 3 N–H and O–H groups in total. The van der Waals surface area contributed by atoms with Crippen LogP contribution < -0.4 is 20.5 Å². The lowest BCUT2D eigenvalue weighted by Gasteiger charge is -2.19. The predicted octanol–water partition coefficient (Wildman–Crippen LogP) is 2.03. The Kier molecular flexibility index (Phi) is 11.6. The molecule has 10 nitrogen and oxygen atoms in total. The SMILES string of the molecule is Br.COc1ccnc(CN)n1.COc1ccnc(CNC(=O)OC(C)(C)C)n1. The topological polar surface area (TPSA) is 134 Å². The van der Waals surface area contributed by atoms with Crippen molar-refractivity contribution < 1.29 is 19.0 Å². The highest BCUT2D eigenvalue weighted by atomic mass is 79.9. The second kappa shape index (κ2) is 12.8. The molecule has 0 aliphatic heterocycles. The minimum absolute atomic E-state index is 0. The summed E-state index contributed by atoms with van der Waals surface area (Å²) in [5.74, 6) is 2.07. The first-order chi connectivity index (χ1) is 12.8. The highest BCUT2D eigenvalue weighted by Gasteiger charge is 2.15. The van der Waals surface area contributed by atoms with Crippen LogP contribution in [0.3, 0.4) is 0 Å². The van der Waals surface area contributed by atoms with E-state index >= 15 is 0 Å². The number of carbonyl (C=O) groups is 1. The highest BCUT2D eigenvalue weighted by Crippen LogP contribution is 2.07. The van der Waals surface area contributed by atoms with E-state index in [0.717, 1.165) is 0 Å². The summed E-state index contributed by atoms with van der Waals surface area (Å²) < 4.78 is 14.9. The number of halogens is 1. The van der Waals surface area contributed by atoms with Gasteiger partial charge in [-0.1, -0.05) is 0 Å². The van der Waals surface area contributed by atoms with E-state index in [1.165, 1.54) is 7.11 Å². The summed E-state index contributed by atoms with van der Waals surface area (Å²) in [6.45, 7) is 5.95. The summed E-state index contributed by atoms with van der Waals surface area (Å²) in [5.41, 5.74) is 4.78. The average molecular weight is 459 g/mol. The van der Waals surface area contributed by atoms with Crippen molar-refractivity contribution in [2.24, 2.45) is 5.73 Å². The van der Waals surface area contributed by atoms with Crippen molar-refractivity contribution in [2.75, 3.05) is 14.2 Å². The van der Waals surface area contributed by atoms with E-state index < -0.39 is 11.7 Å². The number of aromatic nitrogens is 4. The molecular weight excluding hydrogens is 432 g/mol. The number of rotatable bonds is 5. The van der Waals surface area contributed by atoms with Gasteiger partial charge in [-0.25, -0.2) is 14.8 Å². The van der Waals surface area contributed by atoms with E-state index in [9.17, 15) is 4.79 Å². The second-order valence-corrected chi connectivity index (χ2v) is 6.09. The maximum atomic E-state index is 11.4. The Morgan fingerprint density at radius 1 is 1.04 bits per heavy atom. The Hall–Kier alpha value is -2.53. The van der Waals surface area contributed by atoms with Crippen LogP contribution in [0.2, 0.25) is 0 Å². The van der Waals surface area contributed by atoms with Gasteiger partial charge in [0.25, 0.3) is 0 Å². The fourth-order valence-electron chi connectivity index (χ4n) is 1.64. The molecule has 28 heavy (non-hydrogen) atoms. The molecule has 0 saturated heterocycles. The van der Waals surface area contributed by atoms with Gasteiger partial charge in [-0.05, 0) is 20.8 Å². The van der Waals surface area contributed by atoms with Gasteiger partial charge in [0.2, 0.25) is 11.8 Å². The van der Waals surface area contributed by atoms with Gasteiger partial charge in [0.15, 0.2) is 5.82 Å². The van der Waals surface area contributed by atoms with Gasteiger partial charge in [0, 0.05) is 24.5 Å². The van der Waals surface area contributed by atoms with Crippen LogP contribution in [0.15, 0.2) is 24.5 Å². The molecule has 0 aliphatic carbocycles. The number of alkyl carbamates (subject to hydrolysis) is 1. The maximum Gasteiger partial charge on any atom is 0.408 e. The molecule has 2 aromatic heterocycles. The lowest BCUT2D eigenvalue weighted by atomic mass is 10.2. The first kappa shape index (κ1) is 25.5. The van der Waals surface area contributed by atoms with E-state index in [-0.39, 0.29) is 23.5 Å². The Bertz CT molecular complexity index is 708.